The van der Waals surface area contributed by atoms with Crippen LogP contribution in [0.5, 0.6) is 0 Å². The van der Waals surface area contributed by atoms with E-state index in [0.29, 0.717) is 10.7 Å². The van der Waals surface area contributed by atoms with Crippen molar-refractivity contribution in [3.8, 4) is 0 Å². The van der Waals surface area contributed by atoms with Crippen LogP contribution in [-0.2, 0) is 9.53 Å². The zero-order valence-corrected chi connectivity index (χ0v) is 11.2. The van der Waals surface area contributed by atoms with Crippen molar-refractivity contribution in [3.05, 3.63) is 28.8 Å². The average molecular weight is 271 g/mol. The van der Waals surface area contributed by atoms with Gasteiger partial charge in [0.2, 0.25) is 5.91 Å². The van der Waals surface area contributed by atoms with E-state index in [0.717, 1.165) is 0 Å². The van der Waals surface area contributed by atoms with Crippen molar-refractivity contribution in [3.63, 3.8) is 0 Å². The van der Waals surface area contributed by atoms with Crippen LogP contribution in [0, 0.1) is 0 Å². The Bertz CT molecular complexity index is 481. The lowest BCUT2D eigenvalue weighted by atomic mass is 10.1. The number of halogens is 1. The molecular weight excluding hydrogens is 256 g/mol. The van der Waals surface area contributed by atoms with E-state index in [1.54, 1.807) is 19.9 Å². The number of hydrogen-bond donors (Lipinski definition) is 2. The lowest BCUT2D eigenvalue weighted by molar-refractivity contribution is -0.120. The van der Waals surface area contributed by atoms with Crippen LogP contribution in [0.3, 0.4) is 0 Å². The molecule has 0 bridgehead atoms. The number of benzene rings is 1. The first-order chi connectivity index (χ1) is 8.25. The Morgan fingerprint density at radius 1 is 1.39 bits per heavy atom. The number of carbonyl (C=O) groups excluding carboxylic acids is 2. The van der Waals surface area contributed by atoms with Gasteiger partial charge in [-0.2, -0.15) is 0 Å². The molecule has 0 aliphatic carbocycles. The first-order valence-electron chi connectivity index (χ1n) is 5.24. The number of ether oxygens (including phenoxy) is 1. The summed E-state index contributed by atoms with van der Waals surface area (Å²) in [6.07, 6.45) is 0. The highest BCUT2D eigenvalue weighted by Gasteiger charge is 2.24. The second-order valence-electron chi connectivity index (χ2n) is 4.36. The third-order valence-corrected chi connectivity index (χ3v) is 2.46. The predicted octanol–water partition coefficient (Wildman–Crippen LogP) is 1.80. The maximum absolute atomic E-state index is 11.8. The summed E-state index contributed by atoms with van der Waals surface area (Å²) >= 11 is 5.80. The molecule has 0 atom stereocenters. The molecule has 0 spiro atoms. The molecule has 98 valence electrons. The quantitative estimate of drug-likeness (QED) is 0.821. The van der Waals surface area contributed by atoms with Gasteiger partial charge in [-0.15, -0.1) is 0 Å². The Morgan fingerprint density at radius 2 is 2.00 bits per heavy atom. The highest BCUT2D eigenvalue weighted by Crippen LogP contribution is 2.22. The maximum atomic E-state index is 11.8. The third-order valence-electron chi connectivity index (χ3n) is 2.22. The van der Waals surface area contributed by atoms with E-state index in [1.807, 2.05) is 0 Å². The lowest BCUT2D eigenvalue weighted by Crippen LogP contribution is -2.45. The van der Waals surface area contributed by atoms with E-state index in [4.69, 9.17) is 17.3 Å². The van der Waals surface area contributed by atoms with Gasteiger partial charge < -0.3 is 15.8 Å². The molecule has 0 fully saturated rings. The number of esters is 1. The standard InChI is InChI=1S/C12H15ClN2O3/c1-12(2,14)11(17)15-9-5-4-7(13)6-8(9)10(16)18-3/h4-6H,14H2,1-3H3,(H,15,17). The number of amides is 1. The SMILES string of the molecule is COC(=O)c1cc(Cl)ccc1NC(=O)C(C)(C)N. The summed E-state index contributed by atoms with van der Waals surface area (Å²) in [7, 11) is 1.25. The maximum Gasteiger partial charge on any atom is 0.340 e. The Balaban J connectivity index is 3.09. The number of nitrogens with two attached hydrogens (primary N) is 1. The minimum atomic E-state index is -1.05. The smallest absolute Gasteiger partial charge is 0.340 e. The fraction of sp³-hybridized carbons (Fsp3) is 0.333. The average Bonchev–Trinajstić information content (AvgIpc) is 2.29. The fourth-order valence-electron chi connectivity index (χ4n) is 1.19. The van der Waals surface area contributed by atoms with E-state index in [2.05, 4.69) is 10.1 Å². The third kappa shape index (κ3) is 3.45. The molecule has 0 radical (unpaired) electrons. The molecule has 0 aliphatic rings. The molecule has 0 heterocycles. The Hall–Kier alpha value is -1.59. The number of carbonyl (C=O) groups is 2. The monoisotopic (exact) mass is 270 g/mol. The van der Waals surface area contributed by atoms with Crippen LogP contribution in [0.4, 0.5) is 5.69 Å². The molecule has 3 N–H and O–H groups in total. The summed E-state index contributed by atoms with van der Waals surface area (Å²) in [4.78, 5) is 23.3. The van der Waals surface area contributed by atoms with Crippen LogP contribution in [0.1, 0.15) is 24.2 Å². The Kier molecular flexibility index (Phi) is 4.32. The number of anilines is 1. The zero-order chi connectivity index (χ0) is 13.9. The summed E-state index contributed by atoms with van der Waals surface area (Å²) in [5.74, 6) is -0.988. The topological polar surface area (TPSA) is 81.4 Å². The number of hydrogen-bond acceptors (Lipinski definition) is 4. The number of methoxy groups -OCH3 is 1. The molecule has 1 amide bonds. The zero-order valence-electron chi connectivity index (χ0n) is 10.4. The summed E-state index contributed by atoms with van der Waals surface area (Å²) < 4.78 is 4.62. The second kappa shape index (κ2) is 5.37. The first kappa shape index (κ1) is 14.5. The molecule has 0 saturated heterocycles. The molecule has 1 aromatic carbocycles. The van der Waals surface area contributed by atoms with Crippen LogP contribution in [0.25, 0.3) is 0 Å². The van der Waals surface area contributed by atoms with Gasteiger partial charge in [0.15, 0.2) is 0 Å². The summed E-state index contributed by atoms with van der Waals surface area (Å²) in [6, 6.07) is 4.51. The molecule has 18 heavy (non-hydrogen) atoms. The van der Waals surface area contributed by atoms with Crippen LogP contribution < -0.4 is 11.1 Å². The van der Waals surface area contributed by atoms with Gasteiger partial charge in [-0.25, -0.2) is 4.79 Å². The lowest BCUT2D eigenvalue weighted by Gasteiger charge is -2.19. The predicted molar refractivity (Wildman–Crippen MR) is 69.7 cm³/mol. The van der Waals surface area contributed by atoms with E-state index in [-0.39, 0.29) is 5.56 Å². The fourth-order valence-corrected chi connectivity index (χ4v) is 1.36. The summed E-state index contributed by atoms with van der Waals surface area (Å²) in [5.41, 5.74) is 5.11. The molecule has 0 aliphatic heterocycles. The normalized spacial score (nSPS) is 10.9. The van der Waals surface area contributed by atoms with Gasteiger partial charge in [-0.3, -0.25) is 4.79 Å². The number of rotatable bonds is 3. The van der Waals surface area contributed by atoms with E-state index in [9.17, 15) is 9.59 Å². The molecule has 6 heteroatoms. The highest BCUT2D eigenvalue weighted by atomic mass is 35.5. The van der Waals surface area contributed by atoms with E-state index < -0.39 is 17.4 Å². The van der Waals surface area contributed by atoms with Gasteiger partial charge in [0.05, 0.1) is 23.9 Å². The molecule has 0 unspecified atom stereocenters. The minimum Gasteiger partial charge on any atom is -0.465 e. The van der Waals surface area contributed by atoms with Crippen LogP contribution in [0.2, 0.25) is 5.02 Å². The Labute approximate surface area is 110 Å². The van der Waals surface area contributed by atoms with Gasteiger partial charge in [-0.1, -0.05) is 11.6 Å². The van der Waals surface area contributed by atoms with Crippen molar-refractivity contribution in [2.45, 2.75) is 19.4 Å². The van der Waals surface area contributed by atoms with Gasteiger partial charge in [-0.05, 0) is 32.0 Å². The van der Waals surface area contributed by atoms with Crippen LogP contribution >= 0.6 is 11.6 Å². The van der Waals surface area contributed by atoms with Gasteiger partial charge in [0.1, 0.15) is 0 Å². The van der Waals surface area contributed by atoms with Gasteiger partial charge in [0, 0.05) is 5.02 Å². The van der Waals surface area contributed by atoms with Crippen LogP contribution in [0.15, 0.2) is 18.2 Å². The van der Waals surface area contributed by atoms with E-state index in [1.165, 1.54) is 19.2 Å². The molecule has 0 saturated carbocycles. The van der Waals surface area contributed by atoms with Gasteiger partial charge in [0.25, 0.3) is 0 Å². The molecule has 1 rings (SSSR count). The summed E-state index contributed by atoms with van der Waals surface area (Å²) in [6.45, 7) is 3.13. The minimum absolute atomic E-state index is 0.183. The molecule has 5 nitrogen and oxygen atoms in total. The second-order valence-corrected chi connectivity index (χ2v) is 4.79. The van der Waals surface area contributed by atoms with Gasteiger partial charge >= 0.3 is 5.97 Å². The van der Waals surface area contributed by atoms with Crippen molar-refractivity contribution in [2.75, 3.05) is 12.4 Å². The van der Waals surface area contributed by atoms with Crippen molar-refractivity contribution >= 4 is 29.2 Å². The largest absolute Gasteiger partial charge is 0.465 e. The molecule has 1 aromatic rings. The number of nitrogens with one attached hydrogen (secondary N) is 1. The summed E-state index contributed by atoms with van der Waals surface area (Å²) in [5, 5.41) is 2.94. The van der Waals surface area contributed by atoms with Crippen molar-refractivity contribution in [2.24, 2.45) is 5.73 Å². The van der Waals surface area contributed by atoms with E-state index >= 15 is 0 Å². The first-order valence-corrected chi connectivity index (χ1v) is 5.61. The van der Waals surface area contributed by atoms with Crippen molar-refractivity contribution in [1.82, 2.24) is 0 Å². The van der Waals surface area contributed by atoms with Crippen molar-refractivity contribution in [1.29, 1.82) is 0 Å². The van der Waals surface area contributed by atoms with Crippen molar-refractivity contribution < 1.29 is 14.3 Å². The molecular formula is C12H15ClN2O3. The highest BCUT2D eigenvalue weighted by molar-refractivity contribution is 6.31. The van der Waals surface area contributed by atoms with Crippen LogP contribution in [-0.4, -0.2) is 24.5 Å². The Morgan fingerprint density at radius 3 is 2.50 bits per heavy atom. The molecule has 0 aromatic heterocycles.